The Morgan fingerprint density at radius 1 is 1.18 bits per heavy atom. The Morgan fingerprint density at radius 3 is 2.73 bits per heavy atom. The summed E-state index contributed by atoms with van der Waals surface area (Å²) in [5.41, 5.74) is 1.20. The molecule has 2 aromatic rings. The molecule has 1 heterocycles. The zero-order valence-electron chi connectivity index (χ0n) is 13.3. The summed E-state index contributed by atoms with van der Waals surface area (Å²) in [5, 5.41) is 14.6. The summed E-state index contributed by atoms with van der Waals surface area (Å²) in [6.45, 7) is 7.27. The molecular weight excluding hydrogens is 276 g/mol. The number of nitrogens with zero attached hydrogens (tertiary/aromatic N) is 4. The van der Waals surface area contributed by atoms with Crippen molar-refractivity contribution in [1.82, 2.24) is 25.4 Å². The predicted molar refractivity (Wildman–Crippen MR) is 88.7 cm³/mol. The summed E-state index contributed by atoms with van der Waals surface area (Å²) in [4.78, 5) is 4.60. The van der Waals surface area contributed by atoms with Crippen molar-refractivity contribution in [2.24, 2.45) is 4.99 Å². The molecule has 2 N–H and O–H groups in total. The van der Waals surface area contributed by atoms with Crippen molar-refractivity contribution in [3.63, 3.8) is 0 Å². The first-order valence-corrected chi connectivity index (χ1v) is 7.76. The molecule has 118 valence electrons. The first kappa shape index (κ1) is 16.0. The second-order valence-electron chi connectivity index (χ2n) is 4.90. The van der Waals surface area contributed by atoms with Gasteiger partial charge in [0.25, 0.3) is 0 Å². The third-order valence-corrected chi connectivity index (χ3v) is 3.26. The van der Waals surface area contributed by atoms with Gasteiger partial charge in [0.1, 0.15) is 12.2 Å². The van der Waals surface area contributed by atoms with Crippen LogP contribution >= 0.6 is 0 Å². The van der Waals surface area contributed by atoms with Crippen LogP contribution in [0, 0.1) is 0 Å². The average Bonchev–Trinajstić information content (AvgIpc) is 3.01. The highest BCUT2D eigenvalue weighted by Crippen LogP contribution is 2.00. The van der Waals surface area contributed by atoms with Gasteiger partial charge in [-0.15, -0.1) is 10.2 Å². The Kier molecular flexibility index (Phi) is 6.41. The highest BCUT2D eigenvalue weighted by molar-refractivity contribution is 5.79. The largest absolute Gasteiger partial charge is 0.357 e. The van der Waals surface area contributed by atoms with Crippen LogP contribution in [0.1, 0.15) is 25.2 Å². The fourth-order valence-electron chi connectivity index (χ4n) is 2.13. The van der Waals surface area contributed by atoms with Crippen LogP contribution in [0.4, 0.5) is 0 Å². The van der Waals surface area contributed by atoms with Gasteiger partial charge in [-0.05, 0) is 12.5 Å². The van der Waals surface area contributed by atoms with Crippen molar-refractivity contribution in [2.75, 3.05) is 13.1 Å². The number of hydrogen-bond acceptors (Lipinski definition) is 3. The van der Waals surface area contributed by atoms with E-state index in [1.165, 1.54) is 5.56 Å². The Balaban J connectivity index is 1.86. The molecular formula is C16H24N6. The molecule has 22 heavy (non-hydrogen) atoms. The maximum atomic E-state index is 4.60. The molecule has 1 aromatic carbocycles. The van der Waals surface area contributed by atoms with Crippen LogP contribution in [0.3, 0.4) is 0 Å². The summed E-state index contributed by atoms with van der Waals surface area (Å²) >= 11 is 0. The second kappa shape index (κ2) is 8.81. The minimum Gasteiger partial charge on any atom is -0.357 e. The molecule has 6 nitrogen and oxygen atoms in total. The van der Waals surface area contributed by atoms with E-state index in [-0.39, 0.29) is 0 Å². The second-order valence-corrected chi connectivity index (χ2v) is 4.90. The predicted octanol–water partition coefficient (Wildman–Crippen LogP) is 1.60. The molecule has 0 aliphatic carbocycles. The van der Waals surface area contributed by atoms with Gasteiger partial charge in [-0.2, -0.15) is 0 Å². The van der Waals surface area contributed by atoms with E-state index in [0.29, 0.717) is 6.54 Å². The summed E-state index contributed by atoms with van der Waals surface area (Å²) in [6, 6.07) is 10.2. The number of aromatic nitrogens is 3. The van der Waals surface area contributed by atoms with Gasteiger partial charge in [0.2, 0.25) is 0 Å². The van der Waals surface area contributed by atoms with E-state index in [4.69, 9.17) is 0 Å². The highest BCUT2D eigenvalue weighted by atomic mass is 15.3. The minimum absolute atomic E-state index is 0.670. The molecule has 6 heteroatoms. The van der Waals surface area contributed by atoms with E-state index in [1.807, 2.05) is 18.2 Å². The summed E-state index contributed by atoms with van der Waals surface area (Å²) in [7, 11) is 0. The Morgan fingerprint density at radius 2 is 2.00 bits per heavy atom. The molecule has 0 fully saturated rings. The molecule has 0 radical (unpaired) electrons. The number of hydrogen-bond donors (Lipinski definition) is 2. The lowest BCUT2D eigenvalue weighted by Gasteiger charge is -2.12. The van der Waals surface area contributed by atoms with Crippen molar-refractivity contribution in [1.29, 1.82) is 0 Å². The van der Waals surface area contributed by atoms with E-state index in [9.17, 15) is 0 Å². The number of aryl methyl sites for hydroxylation is 1. The van der Waals surface area contributed by atoms with Crippen LogP contribution in [0.5, 0.6) is 0 Å². The molecule has 0 saturated carbocycles. The van der Waals surface area contributed by atoms with Gasteiger partial charge < -0.3 is 15.2 Å². The molecule has 0 aliphatic rings. The maximum Gasteiger partial charge on any atom is 0.191 e. The van der Waals surface area contributed by atoms with Crippen molar-refractivity contribution >= 4 is 5.96 Å². The van der Waals surface area contributed by atoms with Crippen LogP contribution in [0.2, 0.25) is 0 Å². The maximum absolute atomic E-state index is 4.60. The zero-order chi connectivity index (χ0) is 15.6. The van der Waals surface area contributed by atoms with Gasteiger partial charge in [-0.25, -0.2) is 4.99 Å². The van der Waals surface area contributed by atoms with Gasteiger partial charge >= 0.3 is 0 Å². The first-order chi connectivity index (χ1) is 10.8. The van der Waals surface area contributed by atoms with Crippen molar-refractivity contribution in [3.8, 4) is 0 Å². The fourth-order valence-corrected chi connectivity index (χ4v) is 2.13. The fraction of sp³-hybridized carbons (Fsp3) is 0.438. The molecule has 2 rings (SSSR count). The molecule has 0 unspecified atom stereocenters. The Labute approximate surface area is 131 Å². The van der Waals surface area contributed by atoms with Crippen molar-refractivity contribution in [3.05, 3.63) is 48.0 Å². The SMILES string of the molecule is CCNC(=NCc1ccccc1)NCCn1cnnc1CC. The van der Waals surface area contributed by atoms with Crippen molar-refractivity contribution < 1.29 is 0 Å². The number of nitrogens with one attached hydrogen (secondary N) is 2. The zero-order valence-corrected chi connectivity index (χ0v) is 13.3. The quantitative estimate of drug-likeness (QED) is 0.602. The average molecular weight is 300 g/mol. The van der Waals surface area contributed by atoms with E-state index in [2.05, 4.69) is 56.4 Å². The molecule has 0 bridgehead atoms. The summed E-state index contributed by atoms with van der Waals surface area (Å²) in [5.74, 6) is 1.84. The van der Waals surface area contributed by atoms with Crippen LogP contribution in [-0.4, -0.2) is 33.8 Å². The van der Waals surface area contributed by atoms with E-state index < -0.39 is 0 Å². The molecule has 0 spiro atoms. The molecule has 0 atom stereocenters. The Hall–Kier alpha value is -2.37. The van der Waals surface area contributed by atoms with Crippen LogP contribution in [0.15, 0.2) is 41.7 Å². The number of guanidine groups is 1. The lowest BCUT2D eigenvalue weighted by Crippen LogP contribution is -2.38. The van der Waals surface area contributed by atoms with Gasteiger partial charge in [0.15, 0.2) is 5.96 Å². The lowest BCUT2D eigenvalue weighted by atomic mass is 10.2. The third kappa shape index (κ3) is 4.87. The molecule has 1 aromatic heterocycles. The van der Waals surface area contributed by atoms with Crippen molar-refractivity contribution in [2.45, 2.75) is 33.4 Å². The van der Waals surface area contributed by atoms with Crippen LogP contribution in [0.25, 0.3) is 0 Å². The number of benzene rings is 1. The van der Waals surface area contributed by atoms with Gasteiger partial charge in [-0.3, -0.25) is 0 Å². The van der Waals surface area contributed by atoms with E-state index >= 15 is 0 Å². The third-order valence-electron chi connectivity index (χ3n) is 3.26. The smallest absolute Gasteiger partial charge is 0.191 e. The van der Waals surface area contributed by atoms with Crippen LogP contribution < -0.4 is 10.6 Å². The lowest BCUT2D eigenvalue weighted by molar-refractivity contribution is 0.632. The summed E-state index contributed by atoms with van der Waals surface area (Å²) < 4.78 is 2.06. The number of rotatable bonds is 7. The van der Waals surface area contributed by atoms with Gasteiger partial charge in [0, 0.05) is 26.1 Å². The molecule has 0 amide bonds. The van der Waals surface area contributed by atoms with Gasteiger partial charge in [0.05, 0.1) is 6.54 Å². The van der Waals surface area contributed by atoms with Crippen LogP contribution in [-0.2, 0) is 19.5 Å². The molecule has 0 saturated heterocycles. The Bertz CT molecular complexity index is 575. The van der Waals surface area contributed by atoms with E-state index in [0.717, 1.165) is 37.8 Å². The number of aliphatic imine (C=N–C) groups is 1. The highest BCUT2D eigenvalue weighted by Gasteiger charge is 2.02. The first-order valence-electron chi connectivity index (χ1n) is 7.76. The summed E-state index contributed by atoms with van der Waals surface area (Å²) in [6.07, 6.45) is 2.66. The van der Waals surface area contributed by atoms with E-state index in [1.54, 1.807) is 6.33 Å². The monoisotopic (exact) mass is 300 g/mol. The standard InChI is InChI=1S/C16H24N6/c1-3-15-21-20-13-22(15)11-10-18-16(17-4-2)19-12-14-8-6-5-7-9-14/h5-9,13H,3-4,10-12H2,1-2H3,(H2,17,18,19). The normalized spacial score (nSPS) is 11.5. The van der Waals surface area contributed by atoms with Gasteiger partial charge in [-0.1, -0.05) is 37.3 Å². The minimum atomic E-state index is 0.670. The molecule has 0 aliphatic heterocycles. The topological polar surface area (TPSA) is 67.1 Å².